The Bertz CT molecular complexity index is 1500. The van der Waals surface area contributed by atoms with Gasteiger partial charge in [0, 0.05) is 5.38 Å². The summed E-state index contributed by atoms with van der Waals surface area (Å²) in [7, 11) is -4.54. The van der Waals surface area contributed by atoms with Crippen molar-refractivity contribution in [2.75, 3.05) is 18.9 Å². The predicted molar refractivity (Wildman–Crippen MR) is 154 cm³/mol. The molecule has 2 heterocycles. The third-order valence-corrected chi connectivity index (χ3v) is 8.43. The minimum Gasteiger partial charge on any atom is -0.478 e. The molecule has 4 N–H and O–H groups in total. The fourth-order valence-electron chi connectivity index (χ4n) is 3.54. The monoisotopic (exact) mass is 639 g/mol. The molecule has 0 bridgehead atoms. The number of benzene rings is 1. The van der Waals surface area contributed by atoms with Crippen molar-refractivity contribution in [1.29, 1.82) is 0 Å². The fraction of sp³-hybridized carbons (Fsp3) is 0.462. The average molecular weight is 640 g/mol. The first kappa shape index (κ1) is 33.4. The Morgan fingerprint density at radius 3 is 2.40 bits per heavy atom. The molecule has 2 aromatic rings. The average Bonchev–Trinajstić information content (AvgIpc) is 3.36. The second kappa shape index (κ2) is 13.0. The summed E-state index contributed by atoms with van der Waals surface area (Å²) in [6, 6.07) is 6.09. The van der Waals surface area contributed by atoms with Crippen molar-refractivity contribution in [3.63, 3.8) is 0 Å². The molecule has 2 amide bonds. The lowest BCUT2D eigenvalue weighted by atomic mass is 9.91. The zero-order chi connectivity index (χ0) is 32.2. The highest BCUT2D eigenvalue weighted by Gasteiger charge is 2.53. The normalized spacial score (nSPS) is 17.7. The van der Waals surface area contributed by atoms with E-state index < -0.39 is 62.9 Å². The number of anilines is 1. The molecule has 1 aliphatic heterocycles. The van der Waals surface area contributed by atoms with Crippen molar-refractivity contribution in [1.82, 2.24) is 14.6 Å². The van der Waals surface area contributed by atoms with Crippen LogP contribution in [0.2, 0.25) is 0 Å². The van der Waals surface area contributed by atoms with Gasteiger partial charge in [-0.15, -0.1) is 11.3 Å². The Kier molecular flexibility index (Phi) is 10.1. The number of nitrogen functional groups attached to an aromatic ring is 1. The smallest absolute Gasteiger partial charge is 0.365 e. The number of oxime groups is 1. The van der Waals surface area contributed by atoms with E-state index in [1.807, 2.05) is 0 Å². The maximum absolute atomic E-state index is 13.1. The van der Waals surface area contributed by atoms with Gasteiger partial charge >= 0.3 is 22.2 Å². The number of nitrogens with zero attached hydrogens (tertiary/aromatic N) is 3. The molecule has 1 saturated heterocycles. The Morgan fingerprint density at radius 1 is 1.19 bits per heavy atom. The third kappa shape index (κ3) is 8.26. The number of carboxylic acids is 1. The van der Waals surface area contributed by atoms with E-state index in [4.69, 9.17) is 19.5 Å². The Morgan fingerprint density at radius 2 is 1.84 bits per heavy atom. The Labute approximate surface area is 252 Å². The first-order valence-electron chi connectivity index (χ1n) is 12.9. The van der Waals surface area contributed by atoms with Crippen LogP contribution in [-0.2, 0) is 38.4 Å². The van der Waals surface area contributed by atoms with Gasteiger partial charge in [0.2, 0.25) is 5.60 Å². The molecule has 2 atom stereocenters. The highest BCUT2D eigenvalue weighted by molar-refractivity contribution is 7.85. The van der Waals surface area contributed by atoms with E-state index in [9.17, 15) is 32.7 Å². The summed E-state index contributed by atoms with van der Waals surface area (Å²) in [5.74, 6) is -3.80. The number of esters is 1. The van der Waals surface area contributed by atoms with Crippen molar-refractivity contribution in [3.05, 3.63) is 47.0 Å². The van der Waals surface area contributed by atoms with Crippen molar-refractivity contribution in [3.8, 4) is 0 Å². The van der Waals surface area contributed by atoms with Crippen molar-refractivity contribution in [2.24, 2.45) is 10.6 Å². The molecule has 0 aliphatic carbocycles. The number of amides is 2. The van der Waals surface area contributed by atoms with Gasteiger partial charge in [0.05, 0.1) is 24.8 Å². The molecular formula is C26H33N5O10S2. The molecule has 0 radical (unpaired) electrons. The summed E-state index contributed by atoms with van der Waals surface area (Å²) in [5.41, 5.74) is 2.98. The highest BCUT2D eigenvalue weighted by Crippen LogP contribution is 2.28. The molecule has 1 aliphatic rings. The summed E-state index contributed by atoms with van der Waals surface area (Å²) < 4.78 is 36.7. The largest absolute Gasteiger partial charge is 0.478 e. The maximum atomic E-state index is 13.1. The number of hydrogen-bond acceptors (Lipinski definition) is 13. The number of carbonyl (C=O) groups excluding carboxylic acids is 3. The standard InChI is InChI=1S/C26H33N5O10S2/c1-15-18(29-20(32)19(17-13-42-24(27)28-17)30-41-26(4,5)23(35)36)21(33)31(15)43(37,38)40-14-25(2,3)11-12-39-22(34)16-9-7-6-8-10-16/h6-10,13,15,18H,11-12,14H2,1-5H3,(H2,27,28)(H,29,32)(H,35,36)/b30-19+/t15-,18-/m0/s1. The minimum absolute atomic E-state index is 0.0131. The molecular weight excluding hydrogens is 606 g/mol. The van der Waals surface area contributed by atoms with Gasteiger partial charge in [-0.05, 0) is 44.7 Å². The number of carbonyl (C=O) groups is 4. The van der Waals surface area contributed by atoms with E-state index in [1.54, 1.807) is 44.2 Å². The topological polar surface area (TPSA) is 217 Å². The minimum atomic E-state index is -4.54. The second-order valence-corrected chi connectivity index (χ2v) is 13.3. The molecule has 0 spiro atoms. The lowest BCUT2D eigenvalue weighted by Crippen LogP contribution is -2.71. The predicted octanol–water partition coefficient (Wildman–Crippen LogP) is 1.56. The third-order valence-electron chi connectivity index (χ3n) is 6.34. The lowest BCUT2D eigenvalue weighted by Gasteiger charge is -2.43. The molecule has 0 saturated carbocycles. The SMILES string of the molecule is C[C@H]1[C@H](NC(=O)/C(=N/OC(C)(C)C(=O)O)c2csc(N)n2)C(=O)N1S(=O)(=O)OCC(C)(C)CCOC(=O)c1ccccc1. The summed E-state index contributed by atoms with van der Waals surface area (Å²) in [4.78, 5) is 58.4. The van der Waals surface area contributed by atoms with E-state index >= 15 is 0 Å². The molecule has 3 rings (SSSR count). The number of rotatable bonds is 14. The van der Waals surface area contributed by atoms with Crippen molar-refractivity contribution < 1.29 is 46.5 Å². The quantitative estimate of drug-likeness (QED) is 0.116. The maximum Gasteiger partial charge on any atom is 0.365 e. The van der Waals surface area contributed by atoms with Crippen LogP contribution in [0, 0.1) is 5.41 Å². The van der Waals surface area contributed by atoms with Gasteiger partial charge in [-0.1, -0.05) is 37.2 Å². The summed E-state index contributed by atoms with van der Waals surface area (Å²) in [5, 5.41) is 16.8. The molecule has 17 heteroatoms. The van der Waals surface area contributed by atoms with E-state index in [0.717, 1.165) is 11.3 Å². The first-order chi connectivity index (χ1) is 19.9. The number of thiazole rings is 1. The van der Waals surface area contributed by atoms with Gasteiger partial charge in [0.25, 0.3) is 11.8 Å². The number of aromatic nitrogens is 1. The van der Waals surface area contributed by atoms with Crippen LogP contribution in [0.25, 0.3) is 0 Å². The van der Waals surface area contributed by atoms with E-state index in [0.29, 0.717) is 9.87 Å². The van der Waals surface area contributed by atoms with E-state index in [1.165, 1.54) is 26.2 Å². The number of carboxylic acid groups (broad SMARTS) is 1. The van der Waals surface area contributed by atoms with E-state index in [2.05, 4.69) is 15.5 Å². The van der Waals surface area contributed by atoms with Gasteiger partial charge in [-0.2, -0.15) is 8.42 Å². The number of nitrogens with one attached hydrogen (secondary N) is 1. The highest BCUT2D eigenvalue weighted by atomic mass is 32.2. The van der Waals surface area contributed by atoms with Crippen LogP contribution in [0.4, 0.5) is 5.13 Å². The van der Waals surface area contributed by atoms with Gasteiger partial charge < -0.3 is 25.7 Å². The van der Waals surface area contributed by atoms with Crippen LogP contribution >= 0.6 is 11.3 Å². The van der Waals surface area contributed by atoms with Crippen LogP contribution < -0.4 is 11.1 Å². The van der Waals surface area contributed by atoms with Crippen LogP contribution in [0.1, 0.15) is 57.1 Å². The number of aliphatic carboxylic acids is 1. The van der Waals surface area contributed by atoms with Crippen molar-refractivity contribution >= 4 is 56.2 Å². The Hall–Kier alpha value is -4.09. The number of nitrogens with two attached hydrogens (primary N) is 1. The van der Waals surface area contributed by atoms with Gasteiger partial charge in [-0.3, -0.25) is 13.8 Å². The molecule has 0 unspecified atom stereocenters. The summed E-state index contributed by atoms with van der Waals surface area (Å²) >= 11 is 0.984. The second-order valence-electron chi connectivity index (χ2n) is 10.9. The van der Waals surface area contributed by atoms with Gasteiger partial charge in [-0.25, -0.2) is 18.9 Å². The van der Waals surface area contributed by atoms with E-state index in [-0.39, 0.29) is 30.5 Å². The number of ether oxygens (including phenoxy) is 1. The molecule has 1 aromatic carbocycles. The van der Waals surface area contributed by atoms with Crippen LogP contribution in [0.15, 0.2) is 40.9 Å². The first-order valence-corrected chi connectivity index (χ1v) is 15.2. The zero-order valence-corrected chi connectivity index (χ0v) is 25.7. The van der Waals surface area contributed by atoms with Gasteiger partial charge in [0.15, 0.2) is 10.8 Å². The molecule has 15 nitrogen and oxygen atoms in total. The van der Waals surface area contributed by atoms with Gasteiger partial charge in [0.1, 0.15) is 11.7 Å². The Balaban J connectivity index is 1.60. The molecule has 1 fully saturated rings. The van der Waals surface area contributed by atoms with Crippen molar-refractivity contribution in [2.45, 2.75) is 58.7 Å². The molecule has 234 valence electrons. The number of β-lactam (4-membered cyclic amide) rings is 1. The van der Waals surface area contributed by atoms with Crippen LogP contribution in [0.3, 0.4) is 0 Å². The zero-order valence-electron chi connectivity index (χ0n) is 24.1. The lowest BCUT2D eigenvalue weighted by molar-refractivity contribution is -0.161. The summed E-state index contributed by atoms with van der Waals surface area (Å²) in [6.45, 7) is 6.93. The molecule has 1 aromatic heterocycles. The fourth-order valence-corrected chi connectivity index (χ4v) is 5.54. The molecule has 43 heavy (non-hydrogen) atoms. The van der Waals surface area contributed by atoms with Crippen LogP contribution in [0.5, 0.6) is 0 Å². The number of hydrogen-bond donors (Lipinski definition) is 3. The van der Waals surface area contributed by atoms with Crippen LogP contribution in [-0.4, -0.2) is 83.2 Å². The summed E-state index contributed by atoms with van der Waals surface area (Å²) in [6.07, 6.45) is 0.271.